The lowest BCUT2D eigenvalue weighted by Gasteiger charge is -2.23. The van der Waals surface area contributed by atoms with Gasteiger partial charge in [0.1, 0.15) is 5.02 Å². The number of hydrogen-bond donors (Lipinski definition) is 0. The molecule has 0 bridgehead atoms. The summed E-state index contributed by atoms with van der Waals surface area (Å²) in [5.74, 6) is 0. The van der Waals surface area contributed by atoms with Gasteiger partial charge in [0.15, 0.2) is 5.15 Å². The van der Waals surface area contributed by atoms with E-state index in [1.807, 2.05) is 0 Å². The van der Waals surface area contributed by atoms with Crippen molar-refractivity contribution in [3.63, 3.8) is 0 Å². The lowest BCUT2D eigenvalue weighted by atomic mass is 9.95. The molecule has 5 heteroatoms. The van der Waals surface area contributed by atoms with Gasteiger partial charge in [-0.1, -0.05) is 42.5 Å². The maximum Gasteiger partial charge on any atom is 0.273 e. The molecule has 1 aliphatic carbocycles. The zero-order valence-electron chi connectivity index (χ0n) is 8.25. The molecule has 0 saturated heterocycles. The molecule has 0 N–H and O–H groups in total. The van der Waals surface area contributed by atoms with Crippen LogP contribution in [0.2, 0.25) is 10.2 Å². The lowest BCUT2D eigenvalue weighted by Crippen LogP contribution is -2.27. The summed E-state index contributed by atoms with van der Waals surface area (Å²) in [5, 5.41) is 0.124. The molecule has 1 aromatic rings. The number of hydrogen-bond acceptors (Lipinski definition) is 2. The van der Waals surface area contributed by atoms with E-state index in [-0.39, 0.29) is 21.8 Å². The van der Waals surface area contributed by atoms with E-state index in [0.717, 1.165) is 25.7 Å². The van der Waals surface area contributed by atoms with Gasteiger partial charge in [-0.15, -0.1) is 0 Å². The Bertz CT molecular complexity index is 410. The highest BCUT2D eigenvalue weighted by molar-refractivity contribution is 6.40. The van der Waals surface area contributed by atoms with Gasteiger partial charge in [0.25, 0.3) is 5.56 Å². The van der Waals surface area contributed by atoms with Gasteiger partial charge in [-0.2, -0.15) is 0 Å². The normalized spacial score (nSPS) is 18.0. The van der Waals surface area contributed by atoms with Crippen LogP contribution in [0, 0.1) is 0 Å². The number of rotatable bonds is 1. The second-order valence-electron chi connectivity index (χ2n) is 3.85. The first-order valence-corrected chi connectivity index (χ1v) is 5.88. The minimum Gasteiger partial charge on any atom is -0.295 e. The molecule has 0 spiro atoms. The molecule has 0 radical (unpaired) electrons. The summed E-state index contributed by atoms with van der Waals surface area (Å²) in [7, 11) is 0. The van der Waals surface area contributed by atoms with Crippen LogP contribution in [0.5, 0.6) is 0 Å². The Balaban J connectivity index is 2.35. The van der Waals surface area contributed by atoms with Crippen LogP contribution in [-0.4, -0.2) is 9.55 Å². The van der Waals surface area contributed by atoms with Crippen molar-refractivity contribution in [2.75, 3.05) is 0 Å². The largest absolute Gasteiger partial charge is 0.295 e. The van der Waals surface area contributed by atoms with Crippen LogP contribution in [-0.2, 0) is 0 Å². The maximum absolute atomic E-state index is 11.8. The van der Waals surface area contributed by atoms with Gasteiger partial charge in [-0.25, -0.2) is 4.98 Å². The van der Waals surface area contributed by atoms with Crippen molar-refractivity contribution in [1.82, 2.24) is 9.55 Å². The molecule has 1 fully saturated rings. The Morgan fingerprint density at radius 3 is 2.60 bits per heavy atom. The second kappa shape index (κ2) is 4.54. The third-order valence-corrected chi connectivity index (χ3v) is 3.59. The van der Waals surface area contributed by atoms with Gasteiger partial charge < -0.3 is 0 Å². The summed E-state index contributed by atoms with van der Waals surface area (Å²) in [6.07, 6.45) is 7.14. The van der Waals surface area contributed by atoms with Crippen LogP contribution < -0.4 is 5.56 Å². The number of aromatic nitrogens is 2. The molecule has 0 amide bonds. The summed E-state index contributed by atoms with van der Waals surface area (Å²) in [5.41, 5.74) is -0.219. The first kappa shape index (κ1) is 11.0. The molecule has 2 rings (SSSR count). The number of halogens is 2. The van der Waals surface area contributed by atoms with E-state index in [4.69, 9.17) is 23.2 Å². The van der Waals surface area contributed by atoms with Crippen molar-refractivity contribution >= 4 is 23.2 Å². The van der Waals surface area contributed by atoms with Crippen LogP contribution in [0.25, 0.3) is 0 Å². The smallest absolute Gasteiger partial charge is 0.273 e. The molecule has 0 aromatic carbocycles. The minimum absolute atomic E-state index is 0.0322. The molecule has 82 valence electrons. The van der Waals surface area contributed by atoms with Crippen LogP contribution >= 0.6 is 23.2 Å². The monoisotopic (exact) mass is 246 g/mol. The maximum atomic E-state index is 11.8. The highest BCUT2D eigenvalue weighted by Gasteiger charge is 2.18. The van der Waals surface area contributed by atoms with Crippen molar-refractivity contribution in [2.24, 2.45) is 0 Å². The SMILES string of the molecule is O=c1c(Cl)c(Cl)ncn1C1CCCCC1. The molecule has 0 unspecified atom stereocenters. The van der Waals surface area contributed by atoms with Crippen molar-refractivity contribution in [2.45, 2.75) is 38.1 Å². The summed E-state index contributed by atoms with van der Waals surface area (Å²) >= 11 is 11.4. The Morgan fingerprint density at radius 2 is 1.93 bits per heavy atom. The molecule has 1 heterocycles. The van der Waals surface area contributed by atoms with Crippen LogP contribution in [0.4, 0.5) is 0 Å². The molecule has 0 aliphatic heterocycles. The highest BCUT2D eigenvalue weighted by Crippen LogP contribution is 2.27. The van der Waals surface area contributed by atoms with Crippen LogP contribution in [0.3, 0.4) is 0 Å². The van der Waals surface area contributed by atoms with Crippen molar-refractivity contribution in [1.29, 1.82) is 0 Å². The first-order chi connectivity index (χ1) is 7.20. The topological polar surface area (TPSA) is 34.9 Å². The lowest BCUT2D eigenvalue weighted by molar-refractivity contribution is 0.343. The fourth-order valence-electron chi connectivity index (χ4n) is 2.04. The van der Waals surface area contributed by atoms with Gasteiger partial charge in [0.05, 0.1) is 6.33 Å². The fourth-order valence-corrected chi connectivity index (χ4v) is 2.31. The van der Waals surface area contributed by atoms with E-state index in [0.29, 0.717) is 0 Å². The first-order valence-electron chi connectivity index (χ1n) is 5.12. The van der Waals surface area contributed by atoms with Crippen molar-refractivity contribution in [3.05, 3.63) is 26.9 Å². The third kappa shape index (κ3) is 2.18. The second-order valence-corrected chi connectivity index (χ2v) is 4.59. The van der Waals surface area contributed by atoms with E-state index in [2.05, 4.69) is 4.98 Å². The molecular formula is C10H12Cl2N2O. The van der Waals surface area contributed by atoms with Gasteiger partial charge >= 0.3 is 0 Å². The Labute approximate surface area is 98.0 Å². The molecule has 3 nitrogen and oxygen atoms in total. The van der Waals surface area contributed by atoms with Gasteiger partial charge in [-0.05, 0) is 12.8 Å². The van der Waals surface area contributed by atoms with Gasteiger partial charge in [0, 0.05) is 6.04 Å². The third-order valence-electron chi connectivity index (χ3n) is 2.87. The van der Waals surface area contributed by atoms with Crippen molar-refractivity contribution < 1.29 is 0 Å². The Kier molecular flexibility index (Phi) is 3.32. The molecule has 15 heavy (non-hydrogen) atoms. The fraction of sp³-hybridized carbons (Fsp3) is 0.600. The average Bonchev–Trinajstić information content (AvgIpc) is 2.27. The van der Waals surface area contributed by atoms with E-state index in [9.17, 15) is 4.79 Å². The zero-order chi connectivity index (χ0) is 10.8. The molecular weight excluding hydrogens is 235 g/mol. The Hall–Kier alpha value is -0.540. The summed E-state index contributed by atoms with van der Waals surface area (Å²) in [6.45, 7) is 0. The van der Waals surface area contributed by atoms with Crippen LogP contribution in [0.15, 0.2) is 11.1 Å². The quantitative estimate of drug-likeness (QED) is 0.715. The highest BCUT2D eigenvalue weighted by atomic mass is 35.5. The average molecular weight is 247 g/mol. The van der Waals surface area contributed by atoms with E-state index in [1.165, 1.54) is 12.7 Å². The minimum atomic E-state index is -0.219. The molecule has 1 aliphatic rings. The number of nitrogens with zero attached hydrogens (tertiary/aromatic N) is 2. The van der Waals surface area contributed by atoms with Gasteiger partial charge in [-0.3, -0.25) is 9.36 Å². The van der Waals surface area contributed by atoms with E-state index in [1.54, 1.807) is 4.57 Å². The molecule has 1 aromatic heterocycles. The standard InChI is InChI=1S/C10H12Cl2N2O/c11-8-9(12)13-6-14(10(8)15)7-4-2-1-3-5-7/h6-7H,1-5H2. The summed E-state index contributed by atoms with van der Waals surface area (Å²) in [4.78, 5) is 15.7. The molecule has 1 saturated carbocycles. The van der Waals surface area contributed by atoms with E-state index >= 15 is 0 Å². The van der Waals surface area contributed by atoms with Gasteiger partial charge in [0.2, 0.25) is 0 Å². The van der Waals surface area contributed by atoms with Crippen molar-refractivity contribution in [3.8, 4) is 0 Å². The Morgan fingerprint density at radius 1 is 1.27 bits per heavy atom. The predicted molar refractivity (Wildman–Crippen MR) is 60.6 cm³/mol. The predicted octanol–water partition coefficient (Wildman–Crippen LogP) is 3.06. The molecule has 0 atom stereocenters. The van der Waals surface area contributed by atoms with E-state index < -0.39 is 0 Å². The zero-order valence-corrected chi connectivity index (χ0v) is 9.76. The summed E-state index contributed by atoms with van der Waals surface area (Å²) in [6, 6.07) is 0.244. The van der Waals surface area contributed by atoms with Crippen LogP contribution in [0.1, 0.15) is 38.1 Å². The summed E-state index contributed by atoms with van der Waals surface area (Å²) < 4.78 is 1.62.